The van der Waals surface area contributed by atoms with Crippen molar-refractivity contribution >= 4 is 5.91 Å². The highest BCUT2D eigenvalue weighted by Crippen LogP contribution is 2.39. The van der Waals surface area contributed by atoms with Crippen molar-refractivity contribution in [2.75, 3.05) is 13.6 Å². The van der Waals surface area contributed by atoms with Gasteiger partial charge < -0.3 is 9.64 Å². The number of carbonyl (C=O) groups is 1. The summed E-state index contributed by atoms with van der Waals surface area (Å²) in [4.78, 5) is 18.6. The Morgan fingerprint density at radius 1 is 1.29 bits per heavy atom. The second-order valence-electron chi connectivity index (χ2n) is 7.28. The Morgan fingerprint density at radius 2 is 2.11 bits per heavy atom. The van der Waals surface area contributed by atoms with E-state index >= 15 is 0 Å². The van der Waals surface area contributed by atoms with Gasteiger partial charge in [-0.15, -0.1) is 0 Å². The second kappa shape index (κ2) is 7.09. The molecule has 2 aliphatic rings. The molecule has 2 fully saturated rings. The number of carbonyl (C=O) groups excluding carboxylic acids is 1. The first kappa shape index (κ1) is 18.7. The quantitative estimate of drug-likeness (QED) is 0.867. The number of pyridine rings is 1. The van der Waals surface area contributed by atoms with Gasteiger partial charge in [-0.2, -0.15) is 8.78 Å². The molecule has 4 rings (SSSR count). The summed E-state index contributed by atoms with van der Waals surface area (Å²) < 4.78 is 43.2. The van der Waals surface area contributed by atoms with Crippen LogP contribution in [0.1, 0.15) is 31.0 Å². The minimum atomic E-state index is -3.00. The first-order chi connectivity index (χ1) is 13.4. The standard InChI is InChI=1S/C20H20F3N3O2/c1-26-9-7-20(18(26)27)6-4-16(25-20)17-10-12(5-8-24-17)14-3-2-13(11-15(14)21)28-19(22)23/h2-3,5,8,10-11,16,19,25H,4,6-7,9H2,1H3/t16-,20+/m1/s1. The third kappa shape index (κ3) is 3.32. The van der Waals surface area contributed by atoms with Crippen molar-refractivity contribution < 1.29 is 22.7 Å². The maximum Gasteiger partial charge on any atom is 0.387 e. The molecule has 8 heteroatoms. The summed E-state index contributed by atoms with van der Waals surface area (Å²) in [6.07, 6.45) is 3.85. The molecule has 2 atom stereocenters. The van der Waals surface area contributed by atoms with Crippen LogP contribution in [0.3, 0.4) is 0 Å². The molecule has 1 aromatic carbocycles. The minimum absolute atomic E-state index is 0.0973. The van der Waals surface area contributed by atoms with E-state index in [0.29, 0.717) is 5.56 Å². The minimum Gasteiger partial charge on any atom is -0.435 e. The molecule has 1 aromatic heterocycles. The number of nitrogens with one attached hydrogen (secondary N) is 1. The molecule has 0 saturated carbocycles. The number of hydrogen-bond donors (Lipinski definition) is 1. The van der Waals surface area contributed by atoms with Crippen LogP contribution in [0.4, 0.5) is 13.2 Å². The van der Waals surface area contributed by atoms with Crippen LogP contribution >= 0.6 is 0 Å². The molecule has 1 spiro atoms. The van der Waals surface area contributed by atoms with E-state index in [-0.39, 0.29) is 23.3 Å². The zero-order valence-corrected chi connectivity index (χ0v) is 15.3. The molecule has 2 aliphatic heterocycles. The lowest BCUT2D eigenvalue weighted by atomic mass is 9.96. The van der Waals surface area contributed by atoms with Crippen molar-refractivity contribution in [3.63, 3.8) is 0 Å². The molecule has 2 saturated heterocycles. The highest BCUT2D eigenvalue weighted by atomic mass is 19.3. The van der Waals surface area contributed by atoms with Gasteiger partial charge in [0, 0.05) is 31.4 Å². The molecule has 148 valence electrons. The fourth-order valence-corrected chi connectivity index (χ4v) is 4.10. The van der Waals surface area contributed by atoms with Crippen LogP contribution < -0.4 is 10.1 Å². The molecular formula is C20H20F3N3O2. The number of amides is 1. The van der Waals surface area contributed by atoms with Crippen LogP contribution in [-0.2, 0) is 4.79 Å². The Bertz CT molecular complexity index is 908. The SMILES string of the molecule is CN1CC[C@@]2(CC[C@H](c3cc(-c4ccc(OC(F)F)cc4F)ccn3)N2)C1=O. The molecule has 0 bridgehead atoms. The fraction of sp³-hybridized carbons (Fsp3) is 0.400. The van der Waals surface area contributed by atoms with Crippen LogP contribution in [0, 0.1) is 5.82 Å². The van der Waals surface area contributed by atoms with E-state index in [4.69, 9.17) is 0 Å². The third-order valence-electron chi connectivity index (χ3n) is 5.56. The van der Waals surface area contributed by atoms with Crippen LogP contribution in [0.15, 0.2) is 36.5 Å². The Hall–Kier alpha value is -2.61. The summed E-state index contributed by atoms with van der Waals surface area (Å²) in [7, 11) is 1.80. The average Bonchev–Trinajstić information content (AvgIpc) is 3.22. The summed E-state index contributed by atoms with van der Waals surface area (Å²) in [6.45, 7) is -2.28. The highest BCUT2D eigenvalue weighted by molar-refractivity contribution is 5.88. The molecule has 28 heavy (non-hydrogen) atoms. The van der Waals surface area contributed by atoms with E-state index in [9.17, 15) is 18.0 Å². The second-order valence-corrected chi connectivity index (χ2v) is 7.28. The molecule has 1 N–H and O–H groups in total. The van der Waals surface area contributed by atoms with Crippen LogP contribution in [-0.4, -0.2) is 41.5 Å². The number of hydrogen-bond acceptors (Lipinski definition) is 4. The van der Waals surface area contributed by atoms with Crippen LogP contribution in [0.5, 0.6) is 5.75 Å². The van der Waals surface area contributed by atoms with E-state index in [1.54, 1.807) is 30.3 Å². The van der Waals surface area contributed by atoms with Gasteiger partial charge in [-0.25, -0.2) is 4.39 Å². The normalized spacial score (nSPS) is 24.5. The van der Waals surface area contributed by atoms with Crippen molar-refractivity contribution in [3.8, 4) is 16.9 Å². The van der Waals surface area contributed by atoms with Crippen molar-refractivity contribution in [1.29, 1.82) is 0 Å². The summed E-state index contributed by atoms with van der Waals surface area (Å²) in [5, 5.41) is 3.44. The van der Waals surface area contributed by atoms with Gasteiger partial charge in [0.1, 0.15) is 17.1 Å². The van der Waals surface area contributed by atoms with Crippen molar-refractivity contribution in [2.45, 2.75) is 37.5 Å². The Morgan fingerprint density at radius 3 is 2.79 bits per heavy atom. The molecule has 2 aromatic rings. The average molecular weight is 391 g/mol. The largest absolute Gasteiger partial charge is 0.435 e. The number of nitrogens with zero attached hydrogens (tertiary/aromatic N) is 2. The molecule has 0 aliphatic carbocycles. The third-order valence-corrected chi connectivity index (χ3v) is 5.56. The molecule has 0 radical (unpaired) electrons. The topological polar surface area (TPSA) is 54.5 Å². The van der Waals surface area contributed by atoms with Crippen molar-refractivity contribution in [2.24, 2.45) is 0 Å². The first-order valence-electron chi connectivity index (χ1n) is 9.12. The van der Waals surface area contributed by atoms with E-state index < -0.39 is 18.0 Å². The maximum atomic E-state index is 14.4. The number of likely N-dealkylation sites (N-methyl/N-ethyl adjacent to an activating group) is 1. The van der Waals surface area contributed by atoms with Crippen molar-refractivity contribution in [1.82, 2.24) is 15.2 Å². The van der Waals surface area contributed by atoms with Gasteiger partial charge in [-0.3, -0.25) is 15.1 Å². The first-order valence-corrected chi connectivity index (χ1v) is 9.12. The monoisotopic (exact) mass is 391 g/mol. The van der Waals surface area contributed by atoms with Crippen LogP contribution in [0.2, 0.25) is 0 Å². The van der Waals surface area contributed by atoms with Gasteiger partial charge >= 0.3 is 6.61 Å². The Balaban J connectivity index is 1.57. The summed E-state index contributed by atoms with van der Waals surface area (Å²) in [6, 6.07) is 6.99. The lowest BCUT2D eigenvalue weighted by Gasteiger charge is -2.23. The summed E-state index contributed by atoms with van der Waals surface area (Å²) >= 11 is 0. The van der Waals surface area contributed by atoms with Crippen molar-refractivity contribution in [3.05, 3.63) is 48.0 Å². The lowest BCUT2D eigenvalue weighted by molar-refractivity contribution is -0.131. The van der Waals surface area contributed by atoms with E-state index in [1.165, 1.54) is 12.1 Å². The molecule has 0 unspecified atom stereocenters. The zero-order chi connectivity index (χ0) is 19.9. The van der Waals surface area contributed by atoms with E-state index in [2.05, 4.69) is 15.0 Å². The number of ether oxygens (including phenoxy) is 1. The van der Waals surface area contributed by atoms with E-state index in [0.717, 1.165) is 37.6 Å². The Labute approximate surface area is 160 Å². The van der Waals surface area contributed by atoms with E-state index in [1.807, 2.05) is 0 Å². The molecule has 5 nitrogen and oxygen atoms in total. The summed E-state index contributed by atoms with van der Waals surface area (Å²) in [5.74, 6) is -0.778. The number of aromatic nitrogens is 1. The highest BCUT2D eigenvalue weighted by Gasteiger charge is 2.50. The zero-order valence-electron chi connectivity index (χ0n) is 15.3. The number of alkyl halides is 2. The molecular weight excluding hydrogens is 371 g/mol. The van der Waals surface area contributed by atoms with Gasteiger partial charge in [0.05, 0.1) is 11.7 Å². The predicted molar refractivity (Wildman–Crippen MR) is 96.4 cm³/mol. The number of likely N-dealkylation sites (tertiary alicyclic amines) is 1. The lowest BCUT2D eigenvalue weighted by Crippen LogP contribution is -2.47. The van der Waals surface area contributed by atoms with Gasteiger partial charge in [-0.1, -0.05) is 0 Å². The van der Waals surface area contributed by atoms with Gasteiger partial charge in [0.15, 0.2) is 0 Å². The number of rotatable bonds is 4. The van der Waals surface area contributed by atoms with Gasteiger partial charge in [0.25, 0.3) is 0 Å². The maximum absolute atomic E-state index is 14.4. The molecule has 1 amide bonds. The smallest absolute Gasteiger partial charge is 0.387 e. The fourth-order valence-electron chi connectivity index (χ4n) is 4.10. The van der Waals surface area contributed by atoms with Crippen LogP contribution in [0.25, 0.3) is 11.1 Å². The summed E-state index contributed by atoms with van der Waals surface area (Å²) in [5.41, 5.74) is 1.05. The number of halogens is 3. The Kier molecular flexibility index (Phi) is 4.74. The number of benzene rings is 1. The van der Waals surface area contributed by atoms with Gasteiger partial charge in [-0.05, 0) is 49.1 Å². The predicted octanol–water partition coefficient (Wildman–Crippen LogP) is 3.51. The molecule has 3 heterocycles. The van der Waals surface area contributed by atoms with Gasteiger partial charge in [0.2, 0.25) is 5.91 Å².